The molecule has 0 bridgehead atoms. The molecule has 3 N–H and O–H groups in total. The van der Waals surface area contributed by atoms with Crippen LogP contribution in [0.2, 0.25) is 0 Å². The molecule has 1 atom stereocenters. The first-order valence-electron chi connectivity index (χ1n) is 6.83. The van der Waals surface area contributed by atoms with E-state index in [0.29, 0.717) is 12.1 Å². The second kappa shape index (κ2) is 7.58. The normalized spacial score (nSPS) is 13.7. The van der Waals surface area contributed by atoms with E-state index in [1.54, 1.807) is 0 Å². The van der Waals surface area contributed by atoms with Crippen molar-refractivity contribution in [2.75, 3.05) is 0 Å². The molecule has 1 unspecified atom stereocenters. The lowest BCUT2D eigenvalue weighted by molar-refractivity contribution is -0.143. The smallest absolute Gasteiger partial charge is 0.416 e. The molecule has 0 aromatic heterocycles. The average molecular weight is 368 g/mol. The van der Waals surface area contributed by atoms with Crippen LogP contribution in [-0.4, -0.2) is 22.8 Å². The van der Waals surface area contributed by atoms with Gasteiger partial charge in [-0.05, 0) is 37.4 Å². The van der Waals surface area contributed by atoms with Gasteiger partial charge in [0.05, 0.1) is 23.3 Å². The SMILES string of the molecule is CC(CC(=O)O)N/C=C\C(=N)c1cc(C(F)(F)F)cc(C(F)(F)F)c1. The van der Waals surface area contributed by atoms with Crippen LogP contribution in [0.15, 0.2) is 30.5 Å². The summed E-state index contributed by atoms with van der Waals surface area (Å²) in [5.74, 6) is -1.09. The van der Waals surface area contributed by atoms with E-state index in [4.69, 9.17) is 10.5 Å². The highest BCUT2D eigenvalue weighted by atomic mass is 19.4. The molecule has 0 aliphatic rings. The van der Waals surface area contributed by atoms with Crippen molar-refractivity contribution in [1.29, 1.82) is 5.41 Å². The maximum Gasteiger partial charge on any atom is 0.416 e. The van der Waals surface area contributed by atoms with Gasteiger partial charge in [-0.2, -0.15) is 26.3 Å². The first-order chi connectivity index (χ1) is 11.3. The summed E-state index contributed by atoms with van der Waals surface area (Å²) in [6.45, 7) is 1.51. The minimum atomic E-state index is -4.99. The summed E-state index contributed by atoms with van der Waals surface area (Å²) >= 11 is 0. The van der Waals surface area contributed by atoms with Crippen LogP contribution in [0.5, 0.6) is 0 Å². The van der Waals surface area contributed by atoms with Crippen molar-refractivity contribution in [2.45, 2.75) is 31.7 Å². The lowest BCUT2D eigenvalue weighted by Gasteiger charge is -2.14. The van der Waals surface area contributed by atoms with Crippen LogP contribution >= 0.6 is 0 Å². The Morgan fingerprint density at radius 2 is 1.64 bits per heavy atom. The number of carbonyl (C=O) groups is 1. The summed E-state index contributed by atoms with van der Waals surface area (Å²) in [5.41, 5.74) is -4.18. The Morgan fingerprint density at radius 3 is 2.04 bits per heavy atom. The summed E-state index contributed by atoms with van der Waals surface area (Å²) in [6, 6.07) is 0.340. The Balaban J connectivity index is 3.07. The molecular formula is C15H14F6N2O2. The van der Waals surface area contributed by atoms with Crippen molar-refractivity contribution in [3.8, 4) is 0 Å². The van der Waals surface area contributed by atoms with Crippen molar-refractivity contribution in [3.05, 3.63) is 47.2 Å². The van der Waals surface area contributed by atoms with E-state index in [-0.39, 0.29) is 12.5 Å². The van der Waals surface area contributed by atoms with Crippen molar-refractivity contribution >= 4 is 11.7 Å². The van der Waals surface area contributed by atoms with Crippen molar-refractivity contribution in [3.63, 3.8) is 0 Å². The summed E-state index contributed by atoms with van der Waals surface area (Å²) < 4.78 is 76.5. The summed E-state index contributed by atoms with van der Waals surface area (Å²) in [5, 5.41) is 18.8. The zero-order valence-electron chi connectivity index (χ0n) is 12.8. The predicted octanol–water partition coefficient (Wildman–Crippen LogP) is 4.06. The Labute approximate surface area is 138 Å². The number of alkyl halides is 6. The van der Waals surface area contributed by atoms with Crippen molar-refractivity contribution < 1.29 is 36.2 Å². The highest BCUT2D eigenvalue weighted by Gasteiger charge is 2.37. The molecule has 0 heterocycles. The third kappa shape index (κ3) is 6.48. The standard InChI is InChI=1S/C15H14F6N2O2/c1-8(4-13(24)25)23-3-2-12(22)9-5-10(14(16,17)18)7-11(6-9)15(19,20)21/h2-3,5-8,22-23H,4H2,1H3,(H,24,25)/b3-2-,22-12?. The zero-order valence-corrected chi connectivity index (χ0v) is 12.8. The molecule has 25 heavy (non-hydrogen) atoms. The largest absolute Gasteiger partial charge is 0.481 e. The van der Waals surface area contributed by atoms with Gasteiger partial charge < -0.3 is 15.8 Å². The molecule has 0 spiro atoms. The topological polar surface area (TPSA) is 73.2 Å². The third-order valence-electron chi connectivity index (χ3n) is 3.01. The van der Waals surface area contributed by atoms with Crippen LogP contribution in [0, 0.1) is 5.41 Å². The van der Waals surface area contributed by atoms with Gasteiger partial charge in [-0.3, -0.25) is 4.79 Å². The van der Waals surface area contributed by atoms with E-state index in [1.165, 1.54) is 6.92 Å². The van der Waals surface area contributed by atoms with Crippen molar-refractivity contribution in [2.24, 2.45) is 0 Å². The predicted molar refractivity (Wildman–Crippen MR) is 77.3 cm³/mol. The first kappa shape index (κ1) is 20.5. The molecule has 138 valence electrons. The number of hydrogen-bond donors (Lipinski definition) is 3. The van der Waals surface area contributed by atoms with Gasteiger partial charge in [0.1, 0.15) is 0 Å². The number of hydrogen-bond acceptors (Lipinski definition) is 3. The average Bonchev–Trinajstić information content (AvgIpc) is 2.44. The Bertz CT molecular complexity index is 647. The molecule has 1 aromatic rings. The fourth-order valence-electron chi connectivity index (χ4n) is 1.82. The molecule has 0 fully saturated rings. The third-order valence-corrected chi connectivity index (χ3v) is 3.01. The van der Waals surface area contributed by atoms with Gasteiger partial charge in [0.15, 0.2) is 0 Å². The second-order valence-corrected chi connectivity index (χ2v) is 5.21. The number of benzene rings is 1. The number of nitrogens with one attached hydrogen (secondary N) is 2. The molecule has 10 heteroatoms. The monoisotopic (exact) mass is 368 g/mol. The van der Waals surface area contributed by atoms with Gasteiger partial charge in [0.25, 0.3) is 0 Å². The number of rotatable bonds is 6. The van der Waals surface area contributed by atoms with Crippen LogP contribution in [-0.2, 0) is 17.1 Å². The van der Waals surface area contributed by atoms with Crippen molar-refractivity contribution in [1.82, 2.24) is 5.32 Å². The number of aliphatic carboxylic acids is 1. The molecule has 0 radical (unpaired) electrons. The summed E-state index contributed by atoms with van der Waals surface area (Å²) in [7, 11) is 0. The Morgan fingerprint density at radius 1 is 1.16 bits per heavy atom. The van der Waals surface area contributed by atoms with Crippen LogP contribution in [0.3, 0.4) is 0 Å². The number of halogens is 6. The van der Waals surface area contributed by atoms with Crippen LogP contribution in [0.25, 0.3) is 0 Å². The van der Waals surface area contributed by atoms with Gasteiger partial charge >= 0.3 is 18.3 Å². The lowest BCUT2D eigenvalue weighted by Crippen LogP contribution is -2.23. The van der Waals surface area contributed by atoms with E-state index < -0.39 is 46.8 Å². The fraction of sp³-hybridized carbons (Fsp3) is 0.333. The van der Waals surface area contributed by atoms with E-state index in [1.807, 2.05) is 0 Å². The van der Waals surface area contributed by atoms with Crippen LogP contribution < -0.4 is 5.32 Å². The molecule has 4 nitrogen and oxygen atoms in total. The summed E-state index contributed by atoms with van der Waals surface area (Å²) in [4.78, 5) is 10.5. The van der Waals surface area contributed by atoms with Gasteiger partial charge in [0, 0.05) is 11.6 Å². The molecule has 0 aliphatic heterocycles. The number of carboxylic acids is 1. The van der Waals surface area contributed by atoms with E-state index in [2.05, 4.69) is 5.32 Å². The van der Waals surface area contributed by atoms with Crippen LogP contribution in [0.4, 0.5) is 26.3 Å². The summed E-state index contributed by atoms with van der Waals surface area (Å²) in [6.07, 6.45) is -8.18. The van der Waals surface area contributed by atoms with Gasteiger partial charge in [-0.1, -0.05) is 0 Å². The molecule has 0 amide bonds. The molecule has 1 rings (SSSR count). The first-order valence-corrected chi connectivity index (χ1v) is 6.83. The molecule has 0 saturated heterocycles. The van der Waals surface area contributed by atoms with Crippen LogP contribution in [0.1, 0.15) is 30.0 Å². The van der Waals surface area contributed by atoms with E-state index in [0.717, 1.165) is 12.3 Å². The highest BCUT2D eigenvalue weighted by Crippen LogP contribution is 2.36. The second-order valence-electron chi connectivity index (χ2n) is 5.21. The zero-order chi connectivity index (χ0) is 19.4. The maximum absolute atomic E-state index is 12.8. The Kier molecular flexibility index (Phi) is 6.22. The quantitative estimate of drug-likeness (QED) is 0.524. The van der Waals surface area contributed by atoms with E-state index >= 15 is 0 Å². The van der Waals surface area contributed by atoms with Gasteiger partial charge in [0.2, 0.25) is 0 Å². The van der Waals surface area contributed by atoms with Gasteiger partial charge in [-0.25, -0.2) is 0 Å². The molecular weight excluding hydrogens is 354 g/mol. The fourth-order valence-corrected chi connectivity index (χ4v) is 1.82. The molecule has 0 saturated carbocycles. The lowest BCUT2D eigenvalue weighted by atomic mass is 10.0. The number of carboxylic acid groups (broad SMARTS) is 1. The Hall–Kier alpha value is -2.52. The molecule has 1 aromatic carbocycles. The molecule has 0 aliphatic carbocycles. The minimum absolute atomic E-state index is 0.0202. The minimum Gasteiger partial charge on any atom is -0.481 e. The van der Waals surface area contributed by atoms with Gasteiger partial charge in [-0.15, -0.1) is 0 Å². The maximum atomic E-state index is 12.8. The van der Waals surface area contributed by atoms with E-state index in [9.17, 15) is 31.1 Å². The number of allylic oxidation sites excluding steroid dienone is 1. The highest BCUT2D eigenvalue weighted by molar-refractivity contribution is 6.06.